The molecule has 1 heteroatoms. The Morgan fingerprint density at radius 3 is 2.25 bits per heavy atom. The minimum atomic E-state index is 0.414. The van der Waals surface area contributed by atoms with Crippen molar-refractivity contribution in [1.82, 2.24) is 4.90 Å². The summed E-state index contributed by atoms with van der Waals surface area (Å²) in [5.74, 6) is 8.67. The molecular weight excluding hydrogens is 663 g/mol. The quantitative estimate of drug-likeness (QED) is 0.261. The Bertz CT molecular complexity index is 1730. The highest BCUT2D eigenvalue weighted by Gasteiger charge is 2.76. The van der Waals surface area contributed by atoms with E-state index in [1.807, 2.05) is 16.7 Å². The van der Waals surface area contributed by atoms with Gasteiger partial charge in [-0.05, 0) is 207 Å². The molecule has 0 heterocycles. The summed E-state index contributed by atoms with van der Waals surface area (Å²) in [5, 5.41) is 0. The first-order valence-electron chi connectivity index (χ1n) is 24.8. The molecule has 294 valence electrons. The van der Waals surface area contributed by atoms with Crippen LogP contribution in [0.2, 0.25) is 0 Å². The van der Waals surface area contributed by atoms with Gasteiger partial charge in [0, 0.05) is 29.0 Å². The molecule has 55 heavy (non-hydrogen) atoms. The summed E-state index contributed by atoms with van der Waals surface area (Å²) in [6.07, 6.45) is 62.8. The second-order valence-corrected chi connectivity index (χ2v) is 21.7. The van der Waals surface area contributed by atoms with E-state index in [9.17, 15) is 0 Å². The van der Waals surface area contributed by atoms with E-state index in [2.05, 4.69) is 71.2 Å². The lowest BCUT2D eigenvalue weighted by Gasteiger charge is -2.70. The lowest BCUT2D eigenvalue weighted by Crippen LogP contribution is -2.66. The smallest absolute Gasteiger partial charge is 0.0316 e. The summed E-state index contributed by atoms with van der Waals surface area (Å²) in [6.45, 7) is 0. The first-order valence-corrected chi connectivity index (χ1v) is 24.8. The maximum atomic E-state index is 3.37. The fourth-order valence-corrected chi connectivity index (χ4v) is 19.2. The predicted octanol–water partition coefficient (Wildman–Crippen LogP) is 13.8. The maximum Gasteiger partial charge on any atom is 0.0316 e. The Morgan fingerprint density at radius 1 is 0.509 bits per heavy atom. The highest BCUT2D eigenvalue weighted by molar-refractivity contribution is 5.44. The minimum absolute atomic E-state index is 0.414. The summed E-state index contributed by atoms with van der Waals surface area (Å²) in [5.41, 5.74) is 8.86. The summed E-state index contributed by atoms with van der Waals surface area (Å²) in [4.78, 5) is 3.37. The van der Waals surface area contributed by atoms with Crippen molar-refractivity contribution in [2.75, 3.05) is 0 Å². The van der Waals surface area contributed by atoms with Crippen molar-refractivity contribution in [3.63, 3.8) is 0 Å². The Labute approximate surface area is 335 Å². The van der Waals surface area contributed by atoms with Gasteiger partial charge in [-0.15, -0.1) is 0 Å². The maximum absolute atomic E-state index is 3.37. The van der Waals surface area contributed by atoms with E-state index >= 15 is 0 Å². The lowest BCUT2D eigenvalue weighted by atomic mass is 9.34. The van der Waals surface area contributed by atoms with Crippen LogP contribution in [0.1, 0.15) is 161 Å². The van der Waals surface area contributed by atoms with E-state index in [4.69, 9.17) is 0 Å². The fraction of sp³-hybridized carbons (Fsp3) is 0.741. The second kappa shape index (κ2) is 13.9. The Balaban J connectivity index is 1.06. The standard InChI is InChI=1S/C54H73N/c1-2-19-37(20-3-1)55(52-32-16-18-36-17-4-5-21-39(36)52)38-33-34-50-51(35-38)54(46-28-12-8-24-42(46)43-25-9-13-29-47(43)54)49-31-15-14-30-48(49)53(50)44-26-10-6-22-40(44)41-23-7-11-27-45(41)53/h1-2,6,8,10,14-15,24,26,29,37-38,40-43,45-46,48-52H,3-5,7,9,11-13,16-23,25,27-28,30-35H2. The molecule has 15 unspecified atom stereocenters. The molecule has 12 rings (SSSR count). The van der Waals surface area contributed by atoms with Gasteiger partial charge in [0.05, 0.1) is 0 Å². The van der Waals surface area contributed by atoms with Crippen LogP contribution in [0, 0.1) is 70.0 Å². The van der Waals surface area contributed by atoms with Gasteiger partial charge in [0.2, 0.25) is 0 Å². The van der Waals surface area contributed by atoms with Crippen LogP contribution in [-0.4, -0.2) is 23.0 Å². The zero-order valence-corrected chi connectivity index (χ0v) is 34.4. The Hall–Kier alpha value is -1.86. The van der Waals surface area contributed by atoms with Gasteiger partial charge >= 0.3 is 0 Å². The molecule has 0 aromatic carbocycles. The molecule has 1 nitrogen and oxygen atoms in total. The summed E-state index contributed by atoms with van der Waals surface area (Å²) < 4.78 is 0. The molecule has 0 N–H and O–H groups in total. The molecule has 12 aliphatic rings. The summed E-state index contributed by atoms with van der Waals surface area (Å²) in [7, 11) is 0. The summed E-state index contributed by atoms with van der Waals surface area (Å²) in [6, 6.07) is 2.26. The number of nitrogens with zero attached hydrogens (tertiary/aromatic N) is 1. The third-order valence-electron chi connectivity index (χ3n) is 20.3. The summed E-state index contributed by atoms with van der Waals surface area (Å²) >= 11 is 0. The van der Waals surface area contributed by atoms with E-state index < -0.39 is 0 Å². The van der Waals surface area contributed by atoms with Crippen molar-refractivity contribution < 1.29 is 0 Å². The van der Waals surface area contributed by atoms with E-state index in [0.29, 0.717) is 10.8 Å². The SMILES string of the molecule is C1=CCC2C(=C1)C1(C3CCCCC23)C2CC=CCC2C2(C3=CCCCC3C3C=CCCC32)C2CC(N(C3CC=CCC3)C3CCCC4=C3CCCC4)CCC21. The zero-order chi connectivity index (χ0) is 36.1. The van der Waals surface area contributed by atoms with Crippen LogP contribution in [0.3, 0.4) is 0 Å². The molecule has 0 radical (unpaired) electrons. The molecule has 12 aliphatic carbocycles. The molecule has 5 fully saturated rings. The lowest BCUT2D eigenvalue weighted by molar-refractivity contribution is -0.183. The topological polar surface area (TPSA) is 3.24 Å². The highest BCUT2D eigenvalue weighted by Crippen LogP contribution is 2.82. The molecule has 5 saturated carbocycles. The highest BCUT2D eigenvalue weighted by atomic mass is 15.2. The average molecular weight is 736 g/mol. The van der Waals surface area contributed by atoms with Crippen LogP contribution in [0.4, 0.5) is 0 Å². The van der Waals surface area contributed by atoms with Gasteiger partial charge in [0.1, 0.15) is 0 Å². The normalized spacial score (nSPS) is 49.4. The van der Waals surface area contributed by atoms with Crippen molar-refractivity contribution in [2.45, 2.75) is 179 Å². The van der Waals surface area contributed by atoms with Crippen LogP contribution in [0.15, 0.2) is 83.1 Å². The van der Waals surface area contributed by atoms with E-state index in [1.54, 1.807) is 0 Å². The van der Waals surface area contributed by atoms with Gasteiger partial charge in [-0.25, -0.2) is 0 Å². The number of hydrogen-bond acceptors (Lipinski definition) is 1. The van der Waals surface area contributed by atoms with Gasteiger partial charge in [0.15, 0.2) is 0 Å². The minimum Gasteiger partial charge on any atom is -0.290 e. The molecule has 0 aromatic rings. The largest absolute Gasteiger partial charge is 0.290 e. The van der Waals surface area contributed by atoms with Crippen molar-refractivity contribution in [1.29, 1.82) is 0 Å². The van der Waals surface area contributed by atoms with E-state index in [0.717, 1.165) is 77.3 Å². The molecule has 2 spiro atoms. The first kappa shape index (κ1) is 35.1. The second-order valence-electron chi connectivity index (χ2n) is 21.7. The molecule has 0 aromatic heterocycles. The Morgan fingerprint density at radius 2 is 1.35 bits per heavy atom. The number of allylic oxidation sites excluding steroid dienone is 12. The molecule has 0 bridgehead atoms. The average Bonchev–Trinajstić information content (AvgIpc) is 3.72. The van der Waals surface area contributed by atoms with Crippen LogP contribution in [0.5, 0.6) is 0 Å². The van der Waals surface area contributed by atoms with Crippen LogP contribution >= 0.6 is 0 Å². The predicted molar refractivity (Wildman–Crippen MR) is 228 cm³/mol. The molecule has 0 aliphatic heterocycles. The van der Waals surface area contributed by atoms with Crippen molar-refractivity contribution in [2.24, 2.45) is 70.0 Å². The Kier molecular flexibility index (Phi) is 8.86. The van der Waals surface area contributed by atoms with Gasteiger partial charge in [-0.1, -0.05) is 95.9 Å². The van der Waals surface area contributed by atoms with Gasteiger partial charge in [-0.2, -0.15) is 0 Å². The number of fused-ring (bicyclic) bond motifs is 16. The van der Waals surface area contributed by atoms with Gasteiger partial charge < -0.3 is 0 Å². The first-order chi connectivity index (χ1) is 27.3. The monoisotopic (exact) mass is 736 g/mol. The van der Waals surface area contributed by atoms with Crippen LogP contribution in [0.25, 0.3) is 0 Å². The van der Waals surface area contributed by atoms with Crippen LogP contribution < -0.4 is 0 Å². The third kappa shape index (κ3) is 4.93. The molecular formula is C54H73N. The fourth-order valence-electron chi connectivity index (χ4n) is 19.2. The molecule has 15 atom stereocenters. The molecule has 0 amide bonds. The van der Waals surface area contributed by atoms with Gasteiger partial charge in [0.25, 0.3) is 0 Å². The van der Waals surface area contributed by atoms with E-state index in [-0.39, 0.29) is 0 Å². The van der Waals surface area contributed by atoms with E-state index in [1.165, 1.54) is 161 Å². The van der Waals surface area contributed by atoms with Crippen molar-refractivity contribution in [3.05, 3.63) is 83.1 Å². The van der Waals surface area contributed by atoms with Crippen molar-refractivity contribution in [3.8, 4) is 0 Å². The number of hydrogen-bond donors (Lipinski definition) is 0. The van der Waals surface area contributed by atoms with Crippen molar-refractivity contribution >= 4 is 0 Å². The van der Waals surface area contributed by atoms with Gasteiger partial charge in [-0.3, -0.25) is 4.90 Å². The zero-order valence-electron chi connectivity index (χ0n) is 34.4. The van der Waals surface area contributed by atoms with Crippen LogP contribution in [-0.2, 0) is 0 Å². The third-order valence-corrected chi connectivity index (χ3v) is 20.3. The number of rotatable bonds is 3. The molecule has 0 saturated heterocycles.